The van der Waals surface area contributed by atoms with Gasteiger partial charge in [0.25, 0.3) is 0 Å². The van der Waals surface area contributed by atoms with Crippen molar-refractivity contribution < 1.29 is 5.11 Å². The molecule has 0 saturated heterocycles. The van der Waals surface area contributed by atoms with Gasteiger partial charge in [-0.25, -0.2) is 9.97 Å². The van der Waals surface area contributed by atoms with Crippen LogP contribution in [-0.2, 0) is 13.2 Å². The van der Waals surface area contributed by atoms with Crippen molar-refractivity contribution in [2.24, 2.45) is 0 Å². The largest absolute Gasteiger partial charge is 0.388 e. The van der Waals surface area contributed by atoms with E-state index in [2.05, 4.69) is 9.97 Å². The van der Waals surface area contributed by atoms with Crippen LogP contribution in [0.25, 0.3) is 0 Å². The van der Waals surface area contributed by atoms with Crippen molar-refractivity contribution in [2.75, 3.05) is 0 Å². The molecule has 0 aliphatic heterocycles. The van der Waals surface area contributed by atoms with Gasteiger partial charge in [-0.1, -0.05) is 0 Å². The molecule has 13 heavy (non-hydrogen) atoms. The van der Waals surface area contributed by atoms with E-state index in [1.54, 1.807) is 23.7 Å². The first kappa shape index (κ1) is 8.40. The SMILES string of the molecule is OCc1nccn1Cc1nccs1. The number of aromatic nitrogens is 3. The molecule has 2 heterocycles. The predicted octanol–water partition coefficient (Wildman–Crippen LogP) is 0.880. The van der Waals surface area contributed by atoms with E-state index in [4.69, 9.17) is 5.11 Å². The maximum atomic E-state index is 8.94. The summed E-state index contributed by atoms with van der Waals surface area (Å²) in [7, 11) is 0. The van der Waals surface area contributed by atoms with E-state index in [1.807, 2.05) is 16.1 Å². The second kappa shape index (κ2) is 3.68. The van der Waals surface area contributed by atoms with Crippen LogP contribution in [0.5, 0.6) is 0 Å². The highest BCUT2D eigenvalue weighted by atomic mass is 32.1. The number of imidazole rings is 1. The van der Waals surface area contributed by atoms with Crippen LogP contribution >= 0.6 is 11.3 Å². The smallest absolute Gasteiger partial charge is 0.134 e. The van der Waals surface area contributed by atoms with Crippen LogP contribution in [0.1, 0.15) is 10.8 Å². The minimum absolute atomic E-state index is 0.0294. The topological polar surface area (TPSA) is 50.9 Å². The average molecular weight is 195 g/mol. The molecule has 2 rings (SSSR count). The van der Waals surface area contributed by atoms with E-state index in [-0.39, 0.29) is 6.61 Å². The van der Waals surface area contributed by atoms with Crippen LogP contribution in [0.3, 0.4) is 0 Å². The zero-order valence-electron chi connectivity index (χ0n) is 6.92. The summed E-state index contributed by atoms with van der Waals surface area (Å²) in [6.07, 6.45) is 5.29. The van der Waals surface area contributed by atoms with Gasteiger partial charge in [-0.15, -0.1) is 11.3 Å². The molecule has 5 heteroatoms. The second-order valence-electron chi connectivity index (χ2n) is 2.56. The molecular weight excluding hydrogens is 186 g/mol. The van der Waals surface area contributed by atoms with Gasteiger partial charge in [0.1, 0.15) is 17.4 Å². The zero-order chi connectivity index (χ0) is 9.10. The number of hydrogen-bond donors (Lipinski definition) is 1. The van der Waals surface area contributed by atoms with Crippen molar-refractivity contribution in [1.29, 1.82) is 0 Å². The van der Waals surface area contributed by atoms with Crippen LogP contribution in [0.4, 0.5) is 0 Å². The predicted molar refractivity (Wildman–Crippen MR) is 49.4 cm³/mol. The Morgan fingerprint density at radius 1 is 1.38 bits per heavy atom. The van der Waals surface area contributed by atoms with E-state index in [9.17, 15) is 0 Å². The number of aliphatic hydroxyl groups excluding tert-OH is 1. The summed E-state index contributed by atoms with van der Waals surface area (Å²) in [6, 6.07) is 0. The molecule has 0 amide bonds. The van der Waals surface area contributed by atoms with Gasteiger partial charge in [0.15, 0.2) is 0 Å². The van der Waals surface area contributed by atoms with Crippen molar-refractivity contribution in [2.45, 2.75) is 13.2 Å². The Labute approximate surface area is 79.5 Å². The third-order valence-electron chi connectivity index (χ3n) is 1.73. The summed E-state index contributed by atoms with van der Waals surface area (Å²) < 4.78 is 1.89. The highest BCUT2D eigenvalue weighted by Crippen LogP contribution is 2.08. The fourth-order valence-electron chi connectivity index (χ4n) is 1.11. The van der Waals surface area contributed by atoms with Crippen LogP contribution in [0.2, 0.25) is 0 Å². The Morgan fingerprint density at radius 3 is 3.00 bits per heavy atom. The summed E-state index contributed by atoms with van der Waals surface area (Å²) in [4.78, 5) is 8.16. The fraction of sp³-hybridized carbons (Fsp3) is 0.250. The van der Waals surface area contributed by atoms with Crippen LogP contribution < -0.4 is 0 Å². The van der Waals surface area contributed by atoms with E-state index in [1.165, 1.54) is 0 Å². The van der Waals surface area contributed by atoms with Gasteiger partial charge in [0.2, 0.25) is 0 Å². The molecule has 0 aromatic carbocycles. The summed E-state index contributed by atoms with van der Waals surface area (Å²) in [6.45, 7) is 0.659. The first-order chi connectivity index (χ1) is 6.40. The Kier molecular flexibility index (Phi) is 2.37. The van der Waals surface area contributed by atoms with Gasteiger partial charge >= 0.3 is 0 Å². The molecule has 68 valence electrons. The highest BCUT2D eigenvalue weighted by Gasteiger charge is 2.02. The molecule has 0 atom stereocenters. The molecule has 0 aliphatic rings. The summed E-state index contributed by atoms with van der Waals surface area (Å²) >= 11 is 1.60. The molecule has 2 aromatic heterocycles. The summed E-state index contributed by atoms with van der Waals surface area (Å²) in [5, 5.41) is 11.9. The Bertz CT molecular complexity index is 368. The van der Waals surface area contributed by atoms with Gasteiger partial charge in [-0.2, -0.15) is 0 Å². The molecule has 0 unspecified atom stereocenters. The van der Waals surface area contributed by atoms with E-state index in [0.29, 0.717) is 12.4 Å². The van der Waals surface area contributed by atoms with Gasteiger partial charge < -0.3 is 9.67 Å². The molecule has 0 fully saturated rings. The standard InChI is InChI=1S/C8H9N3OS/c12-6-7-9-1-3-11(7)5-8-10-2-4-13-8/h1-4,12H,5-6H2. The third kappa shape index (κ3) is 1.76. The van der Waals surface area contributed by atoms with E-state index in [0.717, 1.165) is 5.01 Å². The lowest BCUT2D eigenvalue weighted by atomic mass is 10.6. The normalized spacial score (nSPS) is 10.5. The highest BCUT2D eigenvalue weighted by molar-refractivity contribution is 7.09. The fourth-order valence-corrected chi connectivity index (χ4v) is 1.73. The summed E-state index contributed by atoms with van der Waals surface area (Å²) in [5.74, 6) is 0.676. The number of rotatable bonds is 3. The lowest BCUT2D eigenvalue weighted by Crippen LogP contribution is -2.03. The minimum Gasteiger partial charge on any atom is -0.388 e. The van der Waals surface area contributed by atoms with Gasteiger partial charge in [0.05, 0.1) is 6.54 Å². The van der Waals surface area contributed by atoms with Crippen molar-refractivity contribution in [3.05, 3.63) is 34.8 Å². The molecular formula is C8H9N3OS. The number of aliphatic hydroxyl groups is 1. The second-order valence-corrected chi connectivity index (χ2v) is 3.53. The Balaban J connectivity index is 2.18. The molecule has 4 nitrogen and oxygen atoms in total. The first-order valence-corrected chi connectivity index (χ1v) is 4.77. The number of hydrogen-bond acceptors (Lipinski definition) is 4. The third-order valence-corrected chi connectivity index (χ3v) is 2.50. The van der Waals surface area contributed by atoms with Crippen LogP contribution in [-0.4, -0.2) is 19.6 Å². The maximum absolute atomic E-state index is 8.94. The van der Waals surface area contributed by atoms with Crippen molar-refractivity contribution in [3.63, 3.8) is 0 Å². The molecule has 0 saturated carbocycles. The first-order valence-electron chi connectivity index (χ1n) is 3.89. The van der Waals surface area contributed by atoms with Gasteiger partial charge in [0, 0.05) is 24.0 Å². The van der Waals surface area contributed by atoms with Gasteiger partial charge in [-0.3, -0.25) is 0 Å². The van der Waals surface area contributed by atoms with E-state index < -0.39 is 0 Å². The number of nitrogens with zero attached hydrogens (tertiary/aromatic N) is 3. The molecule has 1 N–H and O–H groups in total. The zero-order valence-corrected chi connectivity index (χ0v) is 7.74. The quantitative estimate of drug-likeness (QED) is 0.791. The van der Waals surface area contributed by atoms with Crippen LogP contribution in [0.15, 0.2) is 24.0 Å². The maximum Gasteiger partial charge on any atom is 0.134 e. The Hall–Kier alpha value is -1.20. The van der Waals surface area contributed by atoms with Gasteiger partial charge in [-0.05, 0) is 0 Å². The van der Waals surface area contributed by atoms with Crippen molar-refractivity contribution in [1.82, 2.24) is 14.5 Å². The molecule has 0 bridgehead atoms. The number of thiazole rings is 1. The molecule has 2 aromatic rings. The average Bonchev–Trinajstić information content (AvgIpc) is 2.76. The Morgan fingerprint density at radius 2 is 2.31 bits per heavy atom. The van der Waals surface area contributed by atoms with Crippen LogP contribution in [0, 0.1) is 0 Å². The lowest BCUT2D eigenvalue weighted by molar-refractivity contribution is 0.266. The lowest BCUT2D eigenvalue weighted by Gasteiger charge is -2.01. The molecule has 0 spiro atoms. The van der Waals surface area contributed by atoms with E-state index >= 15 is 0 Å². The summed E-state index contributed by atoms with van der Waals surface area (Å²) in [5.41, 5.74) is 0. The minimum atomic E-state index is -0.0294. The van der Waals surface area contributed by atoms with Crippen molar-refractivity contribution in [3.8, 4) is 0 Å². The molecule has 0 radical (unpaired) electrons. The molecule has 0 aliphatic carbocycles. The monoisotopic (exact) mass is 195 g/mol. The van der Waals surface area contributed by atoms with Crippen molar-refractivity contribution >= 4 is 11.3 Å².